The van der Waals surface area contributed by atoms with Crippen molar-refractivity contribution in [3.8, 4) is 11.4 Å². The minimum absolute atomic E-state index is 0.741. The van der Waals surface area contributed by atoms with Crippen molar-refractivity contribution in [1.82, 2.24) is 14.8 Å². The van der Waals surface area contributed by atoms with Gasteiger partial charge in [-0.1, -0.05) is 31.9 Å². The van der Waals surface area contributed by atoms with Crippen molar-refractivity contribution in [1.29, 1.82) is 0 Å². The van der Waals surface area contributed by atoms with Crippen LogP contribution in [-0.4, -0.2) is 14.8 Å². The number of unbranched alkanes of at least 4 members (excludes halogenated alkanes) is 2. The van der Waals surface area contributed by atoms with Gasteiger partial charge in [-0.25, -0.2) is 4.98 Å². The molecule has 0 aliphatic heterocycles. The Morgan fingerprint density at radius 3 is 2.94 bits per heavy atom. The maximum absolute atomic E-state index is 5.74. The third-order valence-corrected chi connectivity index (χ3v) is 2.67. The van der Waals surface area contributed by atoms with Gasteiger partial charge in [-0.3, -0.25) is 4.68 Å². The van der Waals surface area contributed by atoms with Crippen LogP contribution in [0.4, 0.5) is 5.69 Å². The van der Waals surface area contributed by atoms with Crippen LogP contribution in [0.15, 0.2) is 30.6 Å². The van der Waals surface area contributed by atoms with E-state index in [0.29, 0.717) is 0 Å². The minimum Gasteiger partial charge on any atom is -0.399 e. The van der Waals surface area contributed by atoms with Gasteiger partial charge in [0.1, 0.15) is 6.33 Å². The molecule has 1 aromatic carbocycles. The molecule has 0 unspecified atom stereocenters. The van der Waals surface area contributed by atoms with E-state index in [4.69, 9.17) is 5.73 Å². The molecule has 17 heavy (non-hydrogen) atoms. The number of aromatic nitrogens is 3. The first-order valence-electron chi connectivity index (χ1n) is 6.05. The molecule has 1 heterocycles. The second-order valence-electron chi connectivity index (χ2n) is 4.16. The average Bonchev–Trinajstić information content (AvgIpc) is 2.78. The Balaban J connectivity index is 2.07. The largest absolute Gasteiger partial charge is 0.399 e. The molecular formula is C13H18N4. The highest BCUT2D eigenvalue weighted by molar-refractivity contribution is 5.60. The number of nitrogens with zero attached hydrogens (tertiary/aromatic N) is 3. The molecule has 0 aliphatic carbocycles. The Bertz CT molecular complexity index is 476. The predicted octanol–water partition coefficient (Wildman–Crippen LogP) is 2.72. The van der Waals surface area contributed by atoms with Crippen molar-refractivity contribution in [2.24, 2.45) is 0 Å². The highest BCUT2D eigenvalue weighted by atomic mass is 15.3. The summed E-state index contributed by atoms with van der Waals surface area (Å²) in [6.45, 7) is 3.13. The minimum atomic E-state index is 0.741. The highest BCUT2D eigenvalue weighted by Gasteiger charge is 2.03. The van der Waals surface area contributed by atoms with Crippen LogP contribution in [-0.2, 0) is 6.54 Å². The molecule has 2 N–H and O–H groups in total. The first-order valence-corrected chi connectivity index (χ1v) is 6.05. The van der Waals surface area contributed by atoms with Gasteiger partial charge in [-0.15, -0.1) is 0 Å². The van der Waals surface area contributed by atoms with Gasteiger partial charge in [0, 0.05) is 17.8 Å². The number of nitrogen functional groups attached to an aromatic ring is 1. The molecule has 0 saturated carbocycles. The van der Waals surface area contributed by atoms with Gasteiger partial charge in [0.05, 0.1) is 0 Å². The second kappa shape index (κ2) is 5.48. The summed E-state index contributed by atoms with van der Waals surface area (Å²) in [5, 5.41) is 4.44. The first kappa shape index (κ1) is 11.6. The van der Waals surface area contributed by atoms with Gasteiger partial charge in [0.25, 0.3) is 0 Å². The first-order chi connectivity index (χ1) is 8.29. The zero-order chi connectivity index (χ0) is 12.1. The number of hydrogen-bond donors (Lipinski definition) is 1. The number of hydrogen-bond acceptors (Lipinski definition) is 3. The Kier molecular flexibility index (Phi) is 3.75. The summed E-state index contributed by atoms with van der Waals surface area (Å²) < 4.78 is 1.90. The van der Waals surface area contributed by atoms with Crippen LogP contribution in [0, 0.1) is 0 Å². The smallest absolute Gasteiger partial charge is 0.181 e. The van der Waals surface area contributed by atoms with Gasteiger partial charge in [-0.05, 0) is 18.6 Å². The van der Waals surface area contributed by atoms with Gasteiger partial charge < -0.3 is 5.73 Å². The molecule has 0 aliphatic rings. The molecule has 0 bridgehead atoms. The van der Waals surface area contributed by atoms with E-state index in [2.05, 4.69) is 17.0 Å². The van der Waals surface area contributed by atoms with E-state index >= 15 is 0 Å². The lowest BCUT2D eigenvalue weighted by Crippen LogP contribution is -1.98. The molecule has 1 aromatic heterocycles. The summed E-state index contributed by atoms with van der Waals surface area (Å²) in [5.74, 6) is 0.744. The monoisotopic (exact) mass is 230 g/mol. The van der Waals surface area contributed by atoms with Crippen molar-refractivity contribution in [3.63, 3.8) is 0 Å². The van der Waals surface area contributed by atoms with Crippen molar-refractivity contribution in [2.45, 2.75) is 32.7 Å². The third kappa shape index (κ3) is 3.06. The van der Waals surface area contributed by atoms with Crippen LogP contribution >= 0.6 is 0 Å². The summed E-state index contributed by atoms with van der Waals surface area (Å²) in [5.41, 5.74) is 7.45. The fraction of sp³-hybridized carbons (Fsp3) is 0.385. The molecule has 4 nitrogen and oxygen atoms in total. The van der Waals surface area contributed by atoms with Crippen molar-refractivity contribution >= 4 is 5.69 Å². The molecule has 2 rings (SSSR count). The summed E-state index contributed by atoms with van der Waals surface area (Å²) in [4.78, 5) is 4.30. The fourth-order valence-corrected chi connectivity index (χ4v) is 1.74. The maximum atomic E-state index is 5.74. The van der Waals surface area contributed by atoms with E-state index < -0.39 is 0 Å². The normalized spacial score (nSPS) is 10.6. The zero-order valence-electron chi connectivity index (χ0n) is 10.1. The molecule has 0 spiro atoms. The molecule has 0 amide bonds. The Labute approximate surface area is 101 Å². The molecule has 2 aromatic rings. The van der Waals surface area contributed by atoms with Gasteiger partial charge in [0.15, 0.2) is 5.82 Å². The molecule has 0 radical (unpaired) electrons. The summed E-state index contributed by atoms with van der Waals surface area (Å²) in [6, 6.07) is 7.65. The van der Waals surface area contributed by atoms with Gasteiger partial charge >= 0.3 is 0 Å². The molecule has 4 heteroatoms. The summed E-state index contributed by atoms with van der Waals surface area (Å²) in [7, 11) is 0. The van der Waals surface area contributed by atoms with E-state index in [0.717, 1.165) is 30.0 Å². The average molecular weight is 230 g/mol. The van der Waals surface area contributed by atoms with Crippen LogP contribution < -0.4 is 5.73 Å². The standard InChI is InChI=1S/C13H18N4/c1-2-3-4-8-17-10-15-13(16-17)11-6-5-7-12(14)9-11/h5-7,9-10H,2-4,8,14H2,1H3. The fourth-order valence-electron chi connectivity index (χ4n) is 1.74. The quantitative estimate of drug-likeness (QED) is 0.634. The number of rotatable bonds is 5. The number of aryl methyl sites for hydroxylation is 1. The SMILES string of the molecule is CCCCCn1cnc(-c2cccc(N)c2)n1. The van der Waals surface area contributed by atoms with E-state index in [1.54, 1.807) is 6.33 Å². The summed E-state index contributed by atoms with van der Waals surface area (Å²) >= 11 is 0. The second-order valence-corrected chi connectivity index (χ2v) is 4.16. The van der Waals surface area contributed by atoms with Crippen LogP contribution in [0.5, 0.6) is 0 Å². The Morgan fingerprint density at radius 1 is 1.29 bits per heavy atom. The maximum Gasteiger partial charge on any atom is 0.181 e. The Morgan fingerprint density at radius 2 is 2.18 bits per heavy atom. The lowest BCUT2D eigenvalue weighted by atomic mass is 10.2. The molecule has 0 saturated heterocycles. The topological polar surface area (TPSA) is 56.7 Å². The number of nitrogens with two attached hydrogens (primary N) is 1. The number of anilines is 1. The highest BCUT2D eigenvalue weighted by Crippen LogP contribution is 2.16. The summed E-state index contributed by atoms with van der Waals surface area (Å²) in [6.07, 6.45) is 5.38. The lowest BCUT2D eigenvalue weighted by Gasteiger charge is -1.99. The van der Waals surface area contributed by atoms with Crippen LogP contribution in [0.3, 0.4) is 0 Å². The third-order valence-electron chi connectivity index (χ3n) is 2.67. The van der Waals surface area contributed by atoms with Crippen LogP contribution in [0.25, 0.3) is 11.4 Å². The zero-order valence-corrected chi connectivity index (χ0v) is 10.1. The van der Waals surface area contributed by atoms with E-state index in [9.17, 15) is 0 Å². The van der Waals surface area contributed by atoms with Crippen LogP contribution in [0.2, 0.25) is 0 Å². The van der Waals surface area contributed by atoms with Crippen molar-refractivity contribution in [3.05, 3.63) is 30.6 Å². The van der Waals surface area contributed by atoms with Crippen molar-refractivity contribution in [2.75, 3.05) is 5.73 Å². The molecule has 90 valence electrons. The molecule has 0 fully saturated rings. The van der Waals surface area contributed by atoms with Crippen molar-refractivity contribution < 1.29 is 0 Å². The molecule has 0 atom stereocenters. The van der Waals surface area contributed by atoms with Gasteiger partial charge in [-0.2, -0.15) is 5.10 Å². The van der Waals surface area contributed by atoms with E-state index in [1.165, 1.54) is 12.8 Å². The van der Waals surface area contributed by atoms with Crippen LogP contribution in [0.1, 0.15) is 26.2 Å². The predicted molar refractivity (Wildman–Crippen MR) is 69.4 cm³/mol. The lowest BCUT2D eigenvalue weighted by molar-refractivity contribution is 0.553. The number of benzene rings is 1. The Hall–Kier alpha value is -1.84. The van der Waals surface area contributed by atoms with E-state index in [1.807, 2.05) is 28.9 Å². The molecular weight excluding hydrogens is 212 g/mol. The van der Waals surface area contributed by atoms with E-state index in [-0.39, 0.29) is 0 Å². The van der Waals surface area contributed by atoms with Gasteiger partial charge in [0.2, 0.25) is 0 Å².